The molecule has 3 N–H and O–H groups in total. The lowest BCUT2D eigenvalue weighted by Crippen LogP contribution is -2.20. The van der Waals surface area contributed by atoms with Crippen molar-refractivity contribution in [2.75, 3.05) is 13.1 Å². The largest absolute Gasteiger partial charge is 0.328 e. The van der Waals surface area contributed by atoms with Crippen LogP contribution in [0.5, 0.6) is 0 Å². The zero-order valence-electron chi connectivity index (χ0n) is 4.18. The molecule has 0 radical (unpaired) electrons. The van der Waals surface area contributed by atoms with E-state index in [1.165, 1.54) is 0 Å². The lowest BCUT2D eigenvalue weighted by Gasteiger charge is -1.99. The summed E-state index contributed by atoms with van der Waals surface area (Å²) in [6, 6.07) is 0. The predicted octanol–water partition coefficient (Wildman–Crippen LogP) is -0.761. The third kappa shape index (κ3) is 1.12. The highest BCUT2D eigenvalue weighted by Gasteiger charge is 2.11. The van der Waals surface area contributed by atoms with Gasteiger partial charge in [0.25, 0.3) is 0 Å². The molecule has 0 amide bonds. The maximum Gasteiger partial charge on any atom is 0.0925 e. The van der Waals surface area contributed by atoms with Gasteiger partial charge in [0.15, 0.2) is 0 Å². The quantitative estimate of drug-likeness (QED) is 0.457. The van der Waals surface area contributed by atoms with Gasteiger partial charge in [0, 0.05) is 13.1 Å². The highest BCUT2D eigenvalue weighted by atomic mass is 16.7. The molecule has 0 bridgehead atoms. The molecule has 7 heavy (non-hydrogen) atoms. The van der Waals surface area contributed by atoms with E-state index in [4.69, 9.17) is 10.6 Å². The van der Waals surface area contributed by atoms with Gasteiger partial charge >= 0.3 is 0 Å². The number of hydrogen-bond donors (Lipinski definition) is 2. The third-order valence-corrected chi connectivity index (χ3v) is 1.08. The first-order chi connectivity index (χ1) is 3.43. The van der Waals surface area contributed by atoms with Crippen molar-refractivity contribution in [3.63, 3.8) is 0 Å². The predicted molar refractivity (Wildman–Crippen MR) is 26.5 cm³/mol. The molecule has 1 heterocycles. The van der Waals surface area contributed by atoms with Crippen LogP contribution >= 0.6 is 0 Å². The molecule has 1 unspecified atom stereocenters. The Labute approximate surface area is 42.8 Å². The molecule has 1 aliphatic rings. The van der Waals surface area contributed by atoms with Crippen LogP contribution in [0.15, 0.2) is 0 Å². The molecule has 1 saturated heterocycles. The van der Waals surface area contributed by atoms with E-state index in [-0.39, 0.29) is 6.10 Å². The van der Waals surface area contributed by atoms with Crippen LogP contribution in [0, 0.1) is 0 Å². The molecule has 0 aromatic rings. The molecule has 3 heteroatoms. The van der Waals surface area contributed by atoms with E-state index < -0.39 is 0 Å². The maximum absolute atomic E-state index is 5.27. The monoisotopic (exact) mass is 102 g/mol. The van der Waals surface area contributed by atoms with E-state index in [1.807, 2.05) is 0 Å². The van der Waals surface area contributed by atoms with Crippen LogP contribution in [0.4, 0.5) is 0 Å². The first-order valence-corrected chi connectivity index (χ1v) is 2.52. The van der Waals surface area contributed by atoms with Gasteiger partial charge in [-0.05, 0) is 6.42 Å². The average Bonchev–Trinajstić information content (AvgIpc) is 2.14. The molecule has 1 atom stereocenters. The van der Waals surface area contributed by atoms with Gasteiger partial charge in [-0.15, -0.1) is 0 Å². The minimum Gasteiger partial charge on any atom is -0.328 e. The van der Waals surface area contributed by atoms with Crippen LogP contribution in [0.3, 0.4) is 0 Å². The number of nitrogens with one attached hydrogen (secondary N) is 1. The summed E-state index contributed by atoms with van der Waals surface area (Å²) in [6.45, 7) is 1.58. The van der Waals surface area contributed by atoms with Gasteiger partial charge in [-0.3, -0.25) is 4.84 Å². The van der Waals surface area contributed by atoms with Gasteiger partial charge in [-0.25, -0.2) is 5.48 Å². The molecule has 1 rings (SSSR count). The van der Waals surface area contributed by atoms with E-state index in [2.05, 4.69) is 5.48 Å². The van der Waals surface area contributed by atoms with E-state index >= 15 is 0 Å². The molecule has 3 nitrogen and oxygen atoms in total. The fourth-order valence-electron chi connectivity index (χ4n) is 0.622. The molecule has 0 spiro atoms. The molecule has 0 saturated carbocycles. The second kappa shape index (κ2) is 2.26. The van der Waals surface area contributed by atoms with Gasteiger partial charge in [0.05, 0.1) is 6.10 Å². The van der Waals surface area contributed by atoms with Crippen LogP contribution in [0.2, 0.25) is 0 Å². The molecule has 0 aromatic heterocycles. The van der Waals surface area contributed by atoms with Gasteiger partial charge in [-0.1, -0.05) is 0 Å². The van der Waals surface area contributed by atoms with Gasteiger partial charge in [0.2, 0.25) is 0 Å². The van der Waals surface area contributed by atoms with Crippen molar-refractivity contribution in [2.45, 2.75) is 12.5 Å². The van der Waals surface area contributed by atoms with E-state index in [1.54, 1.807) is 0 Å². The van der Waals surface area contributed by atoms with Crippen LogP contribution in [-0.2, 0) is 4.84 Å². The average molecular weight is 102 g/mol. The summed E-state index contributed by atoms with van der Waals surface area (Å²) < 4.78 is 0. The summed E-state index contributed by atoms with van der Waals surface area (Å²) in [5, 5.41) is 0. The SMILES string of the molecule is NCC1CCNO1. The molecule has 0 aliphatic carbocycles. The van der Waals surface area contributed by atoms with Crippen LogP contribution in [0.25, 0.3) is 0 Å². The third-order valence-electron chi connectivity index (χ3n) is 1.08. The Kier molecular flexibility index (Phi) is 1.62. The first kappa shape index (κ1) is 5.03. The van der Waals surface area contributed by atoms with Crippen molar-refractivity contribution in [3.8, 4) is 0 Å². The summed E-state index contributed by atoms with van der Waals surface area (Å²) in [5.74, 6) is 0. The molecular weight excluding hydrogens is 92.1 g/mol. The van der Waals surface area contributed by atoms with Crippen LogP contribution < -0.4 is 11.2 Å². The number of hydroxylamine groups is 1. The summed E-state index contributed by atoms with van der Waals surface area (Å²) in [4.78, 5) is 4.93. The van der Waals surface area contributed by atoms with Crippen molar-refractivity contribution < 1.29 is 4.84 Å². The van der Waals surface area contributed by atoms with Crippen molar-refractivity contribution in [1.82, 2.24) is 5.48 Å². The Morgan fingerprint density at radius 2 is 2.71 bits per heavy atom. The lowest BCUT2D eigenvalue weighted by molar-refractivity contribution is 0.0396. The summed E-state index contributed by atoms with van der Waals surface area (Å²) in [6.07, 6.45) is 1.32. The Balaban J connectivity index is 2.14. The van der Waals surface area contributed by atoms with Crippen molar-refractivity contribution >= 4 is 0 Å². The van der Waals surface area contributed by atoms with Crippen molar-refractivity contribution in [1.29, 1.82) is 0 Å². The van der Waals surface area contributed by atoms with E-state index in [0.29, 0.717) is 6.54 Å². The second-order valence-electron chi connectivity index (χ2n) is 1.66. The maximum atomic E-state index is 5.27. The lowest BCUT2D eigenvalue weighted by atomic mass is 10.3. The highest BCUT2D eigenvalue weighted by molar-refractivity contribution is 4.62. The minimum absolute atomic E-state index is 0.264. The Hall–Kier alpha value is -0.120. The number of rotatable bonds is 1. The second-order valence-corrected chi connectivity index (χ2v) is 1.66. The van der Waals surface area contributed by atoms with E-state index in [0.717, 1.165) is 13.0 Å². The zero-order valence-corrected chi connectivity index (χ0v) is 4.18. The Morgan fingerprint density at radius 3 is 3.00 bits per heavy atom. The highest BCUT2D eigenvalue weighted by Crippen LogP contribution is 1.98. The molecule has 42 valence electrons. The topological polar surface area (TPSA) is 47.3 Å². The summed E-state index contributed by atoms with van der Waals surface area (Å²) in [7, 11) is 0. The molecule has 0 aromatic carbocycles. The zero-order chi connectivity index (χ0) is 5.11. The standard InChI is InChI=1S/C4H10N2O/c5-3-4-1-2-6-7-4/h4,6H,1-3,5H2. The van der Waals surface area contributed by atoms with Crippen molar-refractivity contribution in [2.24, 2.45) is 5.73 Å². The normalized spacial score (nSPS) is 31.3. The van der Waals surface area contributed by atoms with Crippen molar-refractivity contribution in [3.05, 3.63) is 0 Å². The van der Waals surface area contributed by atoms with Crippen LogP contribution in [0.1, 0.15) is 6.42 Å². The van der Waals surface area contributed by atoms with Crippen LogP contribution in [-0.4, -0.2) is 19.2 Å². The first-order valence-electron chi connectivity index (χ1n) is 2.52. The minimum atomic E-state index is 0.264. The van der Waals surface area contributed by atoms with E-state index in [9.17, 15) is 0 Å². The van der Waals surface area contributed by atoms with Gasteiger partial charge < -0.3 is 5.73 Å². The summed E-state index contributed by atoms with van der Waals surface area (Å²) in [5.41, 5.74) is 8.01. The molecule has 1 aliphatic heterocycles. The number of nitrogens with two attached hydrogens (primary N) is 1. The molecule has 1 fully saturated rings. The summed E-state index contributed by atoms with van der Waals surface area (Å²) >= 11 is 0. The van der Waals surface area contributed by atoms with Gasteiger partial charge in [0.1, 0.15) is 0 Å². The molecular formula is C4H10N2O. The smallest absolute Gasteiger partial charge is 0.0925 e. The fourth-order valence-corrected chi connectivity index (χ4v) is 0.622. The Morgan fingerprint density at radius 1 is 1.86 bits per heavy atom. The fraction of sp³-hybridized carbons (Fsp3) is 1.00. The number of hydrogen-bond acceptors (Lipinski definition) is 3. The Bertz CT molecular complexity index is 51.7. The van der Waals surface area contributed by atoms with Gasteiger partial charge in [-0.2, -0.15) is 0 Å².